The van der Waals surface area contributed by atoms with Crippen LogP contribution in [0.2, 0.25) is 0 Å². The highest BCUT2D eigenvalue weighted by molar-refractivity contribution is 6.23. The summed E-state index contributed by atoms with van der Waals surface area (Å²) in [5.74, 6) is -3.17. The molecule has 188 valence electrons. The van der Waals surface area contributed by atoms with Crippen LogP contribution in [0.25, 0.3) is 0 Å². The van der Waals surface area contributed by atoms with Gasteiger partial charge in [-0.2, -0.15) is 0 Å². The molecule has 0 aromatic heterocycles. The summed E-state index contributed by atoms with van der Waals surface area (Å²) in [6.45, 7) is 5.07. The van der Waals surface area contributed by atoms with Gasteiger partial charge in [0.2, 0.25) is 5.91 Å². The van der Waals surface area contributed by atoms with E-state index in [0.717, 1.165) is 5.56 Å². The standard InChI is InChI=1S/C28H29NO7/c1-4-34-23(30)21-16-17-27(25(32)35-5-2,26(33)36-6-3)28(21)20-14-10-11-15-22(20)29(24(28)31)18-19-12-8-7-9-13-19/h7-16H,4-6,17-18H2,1-3H3/t28-/m1/s1. The van der Waals surface area contributed by atoms with Crippen molar-refractivity contribution in [3.05, 3.63) is 77.4 Å². The third-order valence-corrected chi connectivity index (χ3v) is 6.75. The van der Waals surface area contributed by atoms with Crippen molar-refractivity contribution in [3.63, 3.8) is 0 Å². The van der Waals surface area contributed by atoms with E-state index < -0.39 is 34.6 Å². The zero-order chi connectivity index (χ0) is 25.9. The molecular formula is C28H29NO7. The maximum atomic E-state index is 14.6. The summed E-state index contributed by atoms with van der Waals surface area (Å²) in [7, 11) is 0. The lowest BCUT2D eigenvalue weighted by molar-refractivity contribution is -0.178. The number of ether oxygens (including phenoxy) is 3. The fraction of sp³-hybridized carbons (Fsp3) is 0.357. The molecule has 1 aliphatic carbocycles. The summed E-state index contributed by atoms with van der Waals surface area (Å²) in [5, 5.41) is 0. The third kappa shape index (κ3) is 3.51. The van der Waals surface area contributed by atoms with Crippen molar-refractivity contribution in [2.45, 2.75) is 39.2 Å². The highest BCUT2D eigenvalue weighted by Crippen LogP contribution is 2.62. The molecule has 1 aliphatic heterocycles. The largest absolute Gasteiger partial charge is 0.465 e. The summed E-state index contributed by atoms with van der Waals surface area (Å²) in [6.07, 6.45) is 1.21. The van der Waals surface area contributed by atoms with Crippen LogP contribution in [0.1, 0.15) is 38.3 Å². The molecule has 0 N–H and O–H groups in total. The fourth-order valence-electron chi connectivity index (χ4n) is 5.35. The lowest BCUT2D eigenvalue weighted by Crippen LogP contribution is -2.60. The minimum atomic E-state index is -2.13. The van der Waals surface area contributed by atoms with E-state index in [2.05, 4.69) is 0 Å². The lowest BCUT2D eigenvalue weighted by Gasteiger charge is -2.39. The fourth-order valence-corrected chi connectivity index (χ4v) is 5.35. The number of para-hydroxylation sites is 1. The molecule has 8 heteroatoms. The van der Waals surface area contributed by atoms with Crippen LogP contribution in [0.5, 0.6) is 0 Å². The smallest absolute Gasteiger partial charge is 0.335 e. The Balaban J connectivity index is 2.02. The quantitative estimate of drug-likeness (QED) is 0.317. The van der Waals surface area contributed by atoms with Gasteiger partial charge < -0.3 is 19.1 Å². The minimum Gasteiger partial charge on any atom is -0.465 e. The van der Waals surface area contributed by atoms with Crippen molar-refractivity contribution in [2.24, 2.45) is 5.41 Å². The van der Waals surface area contributed by atoms with Crippen LogP contribution in [0, 0.1) is 5.41 Å². The molecule has 0 saturated heterocycles. The number of esters is 3. The number of benzene rings is 2. The van der Waals surface area contributed by atoms with Gasteiger partial charge in [-0.1, -0.05) is 54.6 Å². The Morgan fingerprint density at radius 1 is 0.833 bits per heavy atom. The van der Waals surface area contributed by atoms with Crippen molar-refractivity contribution in [2.75, 3.05) is 24.7 Å². The van der Waals surface area contributed by atoms with E-state index in [1.807, 2.05) is 30.3 Å². The second-order valence-corrected chi connectivity index (χ2v) is 8.53. The second kappa shape index (κ2) is 9.97. The highest BCUT2D eigenvalue weighted by Gasteiger charge is 2.76. The van der Waals surface area contributed by atoms with E-state index >= 15 is 0 Å². The van der Waals surface area contributed by atoms with Gasteiger partial charge in [-0.15, -0.1) is 0 Å². The van der Waals surface area contributed by atoms with E-state index in [0.29, 0.717) is 11.3 Å². The number of hydrogen-bond donors (Lipinski definition) is 0. The van der Waals surface area contributed by atoms with E-state index in [1.165, 1.54) is 11.0 Å². The normalized spacial score (nSPS) is 19.6. The topological polar surface area (TPSA) is 99.2 Å². The Morgan fingerprint density at radius 2 is 1.42 bits per heavy atom. The number of amides is 1. The Hall–Kier alpha value is -3.94. The van der Waals surface area contributed by atoms with E-state index in [-0.39, 0.29) is 38.4 Å². The average molecular weight is 492 g/mol. The monoisotopic (exact) mass is 491 g/mol. The molecule has 1 heterocycles. The summed E-state index contributed by atoms with van der Waals surface area (Å²) in [5.41, 5.74) is -2.47. The number of allylic oxidation sites excluding steroid dienone is 1. The molecule has 36 heavy (non-hydrogen) atoms. The molecule has 1 atom stereocenters. The maximum Gasteiger partial charge on any atom is 0.335 e. The van der Waals surface area contributed by atoms with E-state index in [4.69, 9.17) is 14.2 Å². The maximum absolute atomic E-state index is 14.6. The van der Waals surface area contributed by atoms with Crippen LogP contribution in [0.15, 0.2) is 66.2 Å². The van der Waals surface area contributed by atoms with Gasteiger partial charge in [0, 0.05) is 5.69 Å². The summed E-state index contributed by atoms with van der Waals surface area (Å²) >= 11 is 0. The van der Waals surface area contributed by atoms with Crippen molar-refractivity contribution < 1.29 is 33.4 Å². The van der Waals surface area contributed by atoms with Crippen LogP contribution in [-0.4, -0.2) is 43.6 Å². The molecule has 0 bridgehead atoms. The summed E-state index contributed by atoms with van der Waals surface area (Å²) in [4.78, 5) is 56.8. The minimum absolute atomic E-state index is 0.0195. The average Bonchev–Trinajstić information content (AvgIpc) is 3.36. The van der Waals surface area contributed by atoms with Gasteiger partial charge in [-0.3, -0.25) is 14.4 Å². The number of fused-ring (bicyclic) bond motifs is 2. The van der Waals surface area contributed by atoms with Gasteiger partial charge in [-0.25, -0.2) is 4.79 Å². The highest BCUT2D eigenvalue weighted by atomic mass is 16.6. The third-order valence-electron chi connectivity index (χ3n) is 6.75. The van der Waals surface area contributed by atoms with Crippen molar-refractivity contribution >= 4 is 29.5 Å². The first-order valence-electron chi connectivity index (χ1n) is 12.1. The molecule has 8 nitrogen and oxygen atoms in total. The SMILES string of the molecule is CCOC(=O)C1=CCC(C(=O)OCC)(C(=O)OCC)[C@@]12C(=O)N(Cc1ccccc1)c1ccccc12. The van der Waals surface area contributed by atoms with Gasteiger partial charge in [0.05, 0.1) is 31.9 Å². The Morgan fingerprint density at radius 3 is 2.03 bits per heavy atom. The molecule has 0 unspecified atom stereocenters. The summed E-state index contributed by atoms with van der Waals surface area (Å²) in [6, 6.07) is 16.2. The van der Waals surface area contributed by atoms with Gasteiger partial charge in [0.1, 0.15) is 5.41 Å². The molecule has 2 aliphatic rings. The molecule has 0 radical (unpaired) electrons. The molecular weight excluding hydrogens is 462 g/mol. The van der Waals surface area contributed by atoms with Crippen molar-refractivity contribution in [1.29, 1.82) is 0 Å². The first kappa shape index (κ1) is 25.2. The molecule has 4 rings (SSSR count). The van der Waals surface area contributed by atoms with Crippen LogP contribution in [0.3, 0.4) is 0 Å². The molecule has 2 aromatic carbocycles. The van der Waals surface area contributed by atoms with Gasteiger partial charge in [0.15, 0.2) is 5.41 Å². The Labute approximate surface area is 209 Å². The number of hydrogen-bond acceptors (Lipinski definition) is 7. The first-order chi connectivity index (χ1) is 17.4. The zero-order valence-corrected chi connectivity index (χ0v) is 20.6. The predicted molar refractivity (Wildman–Crippen MR) is 131 cm³/mol. The van der Waals surface area contributed by atoms with Crippen LogP contribution < -0.4 is 4.90 Å². The molecule has 0 fully saturated rings. The van der Waals surface area contributed by atoms with E-state index in [1.54, 1.807) is 45.0 Å². The molecule has 0 saturated carbocycles. The number of anilines is 1. The van der Waals surface area contributed by atoms with Crippen molar-refractivity contribution in [1.82, 2.24) is 0 Å². The lowest BCUT2D eigenvalue weighted by atomic mass is 9.59. The predicted octanol–water partition coefficient (Wildman–Crippen LogP) is 3.48. The Bertz CT molecular complexity index is 1200. The molecule has 1 spiro atoms. The van der Waals surface area contributed by atoms with Gasteiger partial charge >= 0.3 is 17.9 Å². The van der Waals surface area contributed by atoms with Crippen LogP contribution in [0.4, 0.5) is 5.69 Å². The van der Waals surface area contributed by atoms with Crippen LogP contribution in [-0.2, 0) is 45.3 Å². The zero-order valence-electron chi connectivity index (χ0n) is 20.6. The number of nitrogens with zero attached hydrogens (tertiary/aromatic N) is 1. The van der Waals surface area contributed by atoms with Crippen molar-refractivity contribution in [3.8, 4) is 0 Å². The molecule has 2 aromatic rings. The second-order valence-electron chi connectivity index (χ2n) is 8.53. The Kier molecular flexibility index (Phi) is 6.97. The first-order valence-corrected chi connectivity index (χ1v) is 12.1. The van der Waals surface area contributed by atoms with Gasteiger partial charge in [-0.05, 0) is 44.4 Å². The van der Waals surface area contributed by atoms with Gasteiger partial charge in [0.25, 0.3) is 0 Å². The number of carbonyl (C=O) groups excluding carboxylic acids is 4. The van der Waals surface area contributed by atoms with Crippen LogP contribution >= 0.6 is 0 Å². The summed E-state index contributed by atoms with van der Waals surface area (Å²) < 4.78 is 16.1. The number of rotatable bonds is 8. The van der Waals surface area contributed by atoms with E-state index in [9.17, 15) is 19.2 Å². The molecule has 1 amide bonds. The number of carbonyl (C=O) groups is 4.